The summed E-state index contributed by atoms with van der Waals surface area (Å²) in [6.45, 7) is 4.39. The van der Waals surface area contributed by atoms with Gasteiger partial charge >= 0.3 is 11.9 Å². The number of benzene rings is 1. The van der Waals surface area contributed by atoms with Crippen LogP contribution in [0.1, 0.15) is 33.6 Å². The number of carbonyl (C=O) groups excluding carboxylic acids is 3. The second-order valence-corrected chi connectivity index (χ2v) is 5.79. The Labute approximate surface area is 167 Å². The van der Waals surface area contributed by atoms with Gasteiger partial charge in [0, 0.05) is 25.3 Å². The van der Waals surface area contributed by atoms with E-state index in [9.17, 15) is 24.5 Å². The predicted molar refractivity (Wildman–Crippen MR) is 104 cm³/mol. The first kappa shape index (κ1) is 23.5. The van der Waals surface area contributed by atoms with Crippen molar-refractivity contribution in [3.8, 4) is 0 Å². The predicted octanol–water partition coefficient (Wildman–Crippen LogP) is 1.77. The molecular weight excluding hydrogens is 384 g/mol. The maximum atomic E-state index is 12.4. The van der Waals surface area contributed by atoms with Gasteiger partial charge in [0.05, 0.1) is 23.8 Å². The van der Waals surface area contributed by atoms with Gasteiger partial charge < -0.3 is 14.8 Å². The highest BCUT2D eigenvalue weighted by Gasteiger charge is 2.49. The summed E-state index contributed by atoms with van der Waals surface area (Å²) in [4.78, 5) is 46.6. The molecule has 2 N–H and O–H groups in total. The summed E-state index contributed by atoms with van der Waals surface area (Å²) in [6.07, 6.45) is 1.39. The first-order chi connectivity index (χ1) is 13.8. The Morgan fingerprint density at radius 3 is 2.14 bits per heavy atom. The van der Waals surface area contributed by atoms with Crippen LogP contribution in [0.2, 0.25) is 0 Å². The van der Waals surface area contributed by atoms with Crippen molar-refractivity contribution in [3.05, 3.63) is 34.4 Å². The lowest BCUT2D eigenvalue weighted by atomic mass is 9.93. The largest absolute Gasteiger partial charge is 0.464 e. The number of anilines is 1. The van der Waals surface area contributed by atoms with Crippen LogP contribution in [0.5, 0.6) is 0 Å². The average molecular weight is 408 g/mol. The molecule has 0 aliphatic carbocycles. The third-order valence-electron chi connectivity index (χ3n) is 3.65. The summed E-state index contributed by atoms with van der Waals surface area (Å²) >= 11 is 0. The molecule has 0 unspecified atom stereocenters. The van der Waals surface area contributed by atoms with Crippen molar-refractivity contribution in [2.24, 2.45) is 5.10 Å². The van der Waals surface area contributed by atoms with E-state index in [1.165, 1.54) is 37.4 Å². The number of nitro benzene ring substituents is 1. The molecular formula is C18H24N4O7. The van der Waals surface area contributed by atoms with E-state index in [1.807, 2.05) is 0 Å². The molecule has 0 saturated carbocycles. The van der Waals surface area contributed by atoms with Crippen LogP contribution in [-0.4, -0.2) is 47.7 Å². The van der Waals surface area contributed by atoms with E-state index in [1.54, 1.807) is 13.8 Å². The number of nitro groups is 1. The number of ether oxygens (including phenoxy) is 2. The zero-order valence-electron chi connectivity index (χ0n) is 16.5. The number of rotatable bonds is 11. The summed E-state index contributed by atoms with van der Waals surface area (Å²) in [6, 6.07) is 5.60. The quantitative estimate of drug-likeness (QED) is 0.185. The number of hydrazone groups is 1. The summed E-state index contributed by atoms with van der Waals surface area (Å²) in [5.41, 5.74) is 1.16. The summed E-state index contributed by atoms with van der Waals surface area (Å²) < 4.78 is 9.93. The summed E-state index contributed by atoms with van der Waals surface area (Å²) in [7, 11) is 0. The zero-order chi connectivity index (χ0) is 21.9. The lowest BCUT2D eigenvalue weighted by molar-refractivity contribution is -0.384. The first-order valence-corrected chi connectivity index (χ1v) is 8.92. The molecule has 0 aliphatic rings. The fourth-order valence-corrected chi connectivity index (χ4v) is 2.38. The second-order valence-electron chi connectivity index (χ2n) is 5.79. The Balaban J connectivity index is 2.85. The smallest absolute Gasteiger partial charge is 0.343 e. The van der Waals surface area contributed by atoms with Crippen molar-refractivity contribution < 1.29 is 28.8 Å². The second kappa shape index (κ2) is 11.4. The van der Waals surface area contributed by atoms with E-state index in [-0.39, 0.29) is 31.7 Å². The van der Waals surface area contributed by atoms with Crippen molar-refractivity contribution in [2.75, 3.05) is 18.6 Å². The molecule has 0 heterocycles. The fraction of sp³-hybridized carbons (Fsp3) is 0.444. The van der Waals surface area contributed by atoms with E-state index in [2.05, 4.69) is 15.8 Å². The topological polar surface area (TPSA) is 149 Å². The minimum absolute atomic E-state index is 0.0232. The lowest BCUT2D eigenvalue weighted by Crippen LogP contribution is -2.61. The van der Waals surface area contributed by atoms with Gasteiger partial charge in [-0.15, -0.1) is 0 Å². The van der Waals surface area contributed by atoms with E-state index in [4.69, 9.17) is 9.47 Å². The number of non-ortho nitro benzene ring substituents is 1. The van der Waals surface area contributed by atoms with Crippen molar-refractivity contribution in [1.29, 1.82) is 0 Å². The number of esters is 2. The van der Waals surface area contributed by atoms with Crippen LogP contribution in [0.4, 0.5) is 11.4 Å². The van der Waals surface area contributed by atoms with Crippen LogP contribution < -0.4 is 10.7 Å². The third kappa shape index (κ3) is 6.87. The van der Waals surface area contributed by atoms with Gasteiger partial charge in [-0.3, -0.25) is 20.3 Å². The van der Waals surface area contributed by atoms with Gasteiger partial charge in [0.2, 0.25) is 11.4 Å². The maximum Gasteiger partial charge on any atom is 0.343 e. The van der Waals surface area contributed by atoms with E-state index in [0.717, 1.165) is 0 Å². The SMILES string of the molecule is CCOC(=O)C(CC/C=N/Nc1ccc([N+](=O)[O-])cc1)(NC(C)=O)C(=O)OCC. The molecule has 0 radical (unpaired) electrons. The van der Waals surface area contributed by atoms with Gasteiger partial charge in [0.15, 0.2) is 0 Å². The van der Waals surface area contributed by atoms with Crippen LogP contribution in [0.3, 0.4) is 0 Å². The number of hydrogen-bond acceptors (Lipinski definition) is 9. The van der Waals surface area contributed by atoms with Crippen LogP contribution >= 0.6 is 0 Å². The molecule has 11 nitrogen and oxygen atoms in total. The van der Waals surface area contributed by atoms with Crippen LogP contribution in [0.15, 0.2) is 29.4 Å². The van der Waals surface area contributed by atoms with Crippen molar-refractivity contribution in [1.82, 2.24) is 5.32 Å². The number of amides is 1. The number of carbonyl (C=O) groups is 3. The Kier molecular flexibility index (Phi) is 9.23. The van der Waals surface area contributed by atoms with E-state index >= 15 is 0 Å². The van der Waals surface area contributed by atoms with Gasteiger partial charge in [-0.05, 0) is 38.8 Å². The maximum absolute atomic E-state index is 12.4. The van der Waals surface area contributed by atoms with Crippen molar-refractivity contribution >= 4 is 35.4 Å². The highest BCUT2D eigenvalue weighted by Crippen LogP contribution is 2.19. The highest BCUT2D eigenvalue weighted by molar-refractivity contribution is 6.07. The molecule has 0 aromatic heterocycles. The summed E-state index contributed by atoms with van der Waals surface area (Å²) in [5.74, 6) is -2.41. The Morgan fingerprint density at radius 1 is 1.14 bits per heavy atom. The average Bonchev–Trinajstić information content (AvgIpc) is 2.67. The lowest BCUT2D eigenvalue weighted by Gasteiger charge is -2.29. The number of nitrogens with one attached hydrogen (secondary N) is 2. The molecule has 11 heteroatoms. The molecule has 0 spiro atoms. The minimum atomic E-state index is -1.97. The van der Waals surface area contributed by atoms with Gasteiger partial charge in [-0.1, -0.05) is 0 Å². The zero-order valence-corrected chi connectivity index (χ0v) is 16.5. The Hall–Kier alpha value is -3.50. The number of nitrogens with zero attached hydrogens (tertiary/aromatic N) is 2. The van der Waals surface area contributed by atoms with Gasteiger partial charge in [0.1, 0.15) is 0 Å². The van der Waals surface area contributed by atoms with Gasteiger partial charge in [-0.25, -0.2) is 9.59 Å². The molecule has 0 saturated heterocycles. The van der Waals surface area contributed by atoms with Gasteiger partial charge in [0.25, 0.3) is 5.69 Å². The molecule has 0 aliphatic heterocycles. The molecule has 1 aromatic carbocycles. The highest BCUT2D eigenvalue weighted by atomic mass is 16.6. The molecule has 1 aromatic rings. The standard InChI is InChI=1S/C18H24N4O7/c1-4-28-16(24)18(20-13(3)23,17(25)29-5-2)11-6-12-19-21-14-7-9-15(10-8-14)22(26)27/h7-10,12,21H,4-6,11H2,1-3H3,(H,20,23)/b19-12+. The fourth-order valence-electron chi connectivity index (χ4n) is 2.38. The molecule has 0 fully saturated rings. The van der Waals surface area contributed by atoms with E-state index in [0.29, 0.717) is 5.69 Å². The van der Waals surface area contributed by atoms with Crippen molar-refractivity contribution in [3.63, 3.8) is 0 Å². The normalized spacial score (nSPS) is 11.0. The molecule has 1 amide bonds. The van der Waals surface area contributed by atoms with Crippen molar-refractivity contribution in [2.45, 2.75) is 39.2 Å². The third-order valence-corrected chi connectivity index (χ3v) is 3.65. The Bertz CT molecular complexity index is 744. The molecule has 29 heavy (non-hydrogen) atoms. The van der Waals surface area contributed by atoms with Crippen LogP contribution in [0, 0.1) is 10.1 Å². The first-order valence-electron chi connectivity index (χ1n) is 8.92. The minimum Gasteiger partial charge on any atom is -0.464 e. The molecule has 0 atom stereocenters. The van der Waals surface area contributed by atoms with Crippen LogP contribution in [-0.2, 0) is 23.9 Å². The molecule has 0 bridgehead atoms. The van der Waals surface area contributed by atoms with Crippen LogP contribution in [0.25, 0.3) is 0 Å². The van der Waals surface area contributed by atoms with E-state index < -0.39 is 28.3 Å². The molecule has 1 rings (SSSR count). The number of hydrogen-bond donors (Lipinski definition) is 2. The van der Waals surface area contributed by atoms with Gasteiger partial charge in [-0.2, -0.15) is 5.10 Å². The summed E-state index contributed by atoms with van der Waals surface area (Å²) in [5, 5.41) is 16.9. The molecule has 158 valence electrons. The monoisotopic (exact) mass is 408 g/mol. The Morgan fingerprint density at radius 2 is 1.69 bits per heavy atom.